The molecule has 1 aromatic carbocycles. The van der Waals surface area contributed by atoms with Gasteiger partial charge in [0.15, 0.2) is 6.39 Å². The van der Waals surface area contributed by atoms with Gasteiger partial charge in [0, 0.05) is 36.7 Å². The zero-order valence-corrected chi connectivity index (χ0v) is 15.0. The minimum Gasteiger partial charge on any atom is -0.448 e. The number of nitrogens with zero attached hydrogens (tertiary/aromatic N) is 3. The Bertz CT molecular complexity index is 992. The molecule has 0 aliphatic carbocycles. The van der Waals surface area contributed by atoms with Gasteiger partial charge in [0.1, 0.15) is 11.5 Å². The van der Waals surface area contributed by atoms with Crippen molar-refractivity contribution in [1.29, 1.82) is 0 Å². The average Bonchev–Trinajstić information content (AvgIpc) is 3.12. The van der Waals surface area contributed by atoms with Crippen molar-refractivity contribution >= 4 is 22.7 Å². The highest BCUT2D eigenvalue weighted by Gasteiger charge is 2.36. The second kappa shape index (κ2) is 7.19. The molecule has 0 saturated carbocycles. The summed E-state index contributed by atoms with van der Waals surface area (Å²) in [5.74, 6) is 0.803. The van der Waals surface area contributed by atoms with Gasteiger partial charge >= 0.3 is 0 Å². The molecule has 0 unspecified atom stereocenters. The number of likely N-dealkylation sites (tertiary alicyclic amines) is 1. The predicted octanol–water partition coefficient (Wildman–Crippen LogP) is 2.49. The number of aromatic nitrogens is 2. The highest BCUT2D eigenvalue weighted by molar-refractivity contribution is 5.98. The molecule has 7 nitrogen and oxygen atoms in total. The van der Waals surface area contributed by atoms with Crippen molar-refractivity contribution in [3.05, 3.63) is 59.9 Å². The fourth-order valence-electron chi connectivity index (χ4n) is 3.24. The van der Waals surface area contributed by atoms with Gasteiger partial charge in [0.25, 0.3) is 5.91 Å². The van der Waals surface area contributed by atoms with Crippen LogP contribution in [0, 0.1) is 0 Å². The maximum atomic E-state index is 12.7. The van der Waals surface area contributed by atoms with Gasteiger partial charge in [-0.1, -0.05) is 19.1 Å². The third-order valence-electron chi connectivity index (χ3n) is 4.84. The Morgan fingerprint density at radius 1 is 1.26 bits per heavy atom. The first-order valence-electron chi connectivity index (χ1n) is 8.98. The first kappa shape index (κ1) is 17.2. The number of oxazole rings is 1. The van der Waals surface area contributed by atoms with E-state index in [1.807, 2.05) is 30.3 Å². The first-order valence-corrected chi connectivity index (χ1v) is 8.98. The molecule has 2 amide bonds. The van der Waals surface area contributed by atoms with Crippen molar-refractivity contribution in [2.24, 2.45) is 0 Å². The lowest BCUT2D eigenvalue weighted by molar-refractivity contribution is -0.120. The number of pyridine rings is 1. The van der Waals surface area contributed by atoms with Crippen molar-refractivity contribution in [2.45, 2.75) is 25.8 Å². The second-order valence-electron chi connectivity index (χ2n) is 6.61. The van der Waals surface area contributed by atoms with Crippen LogP contribution < -0.4 is 5.32 Å². The Morgan fingerprint density at radius 2 is 2.11 bits per heavy atom. The van der Waals surface area contributed by atoms with E-state index in [2.05, 4.69) is 15.3 Å². The third kappa shape index (κ3) is 3.40. The number of hydrogen-bond donors (Lipinski definition) is 1. The summed E-state index contributed by atoms with van der Waals surface area (Å²) in [6, 6.07) is 9.42. The number of benzene rings is 1. The summed E-state index contributed by atoms with van der Waals surface area (Å²) in [7, 11) is 0. The fraction of sp³-hybridized carbons (Fsp3) is 0.300. The smallest absolute Gasteiger partial charge is 0.253 e. The largest absolute Gasteiger partial charge is 0.448 e. The summed E-state index contributed by atoms with van der Waals surface area (Å²) in [5.41, 5.74) is 2.17. The Hall–Kier alpha value is -3.22. The van der Waals surface area contributed by atoms with E-state index >= 15 is 0 Å². The summed E-state index contributed by atoms with van der Waals surface area (Å²) in [6.45, 7) is 3.29. The second-order valence-corrected chi connectivity index (χ2v) is 6.61. The van der Waals surface area contributed by atoms with Crippen molar-refractivity contribution in [2.75, 3.05) is 13.1 Å². The summed E-state index contributed by atoms with van der Waals surface area (Å²) in [6.07, 6.45) is 3.54. The van der Waals surface area contributed by atoms with Crippen LogP contribution in [0.5, 0.6) is 0 Å². The molecule has 2 aromatic heterocycles. The van der Waals surface area contributed by atoms with E-state index in [1.54, 1.807) is 18.0 Å². The van der Waals surface area contributed by atoms with Crippen LogP contribution in [0.2, 0.25) is 0 Å². The van der Waals surface area contributed by atoms with Gasteiger partial charge in [0.2, 0.25) is 5.91 Å². The maximum absolute atomic E-state index is 12.7. The van der Waals surface area contributed by atoms with Crippen molar-refractivity contribution in [3.8, 4) is 0 Å². The topological polar surface area (TPSA) is 88.3 Å². The molecule has 3 aromatic rings. The van der Waals surface area contributed by atoms with Crippen molar-refractivity contribution < 1.29 is 14.0 Å². The van der Waals surface area contributed by atoms with Gasteiger partial charge in [-0.2, -0.15) is 0 Å². The Labute approximate surface area is 156 Å². The molecule has 0 bridgehead atoms. The van der Waals surface area contributed by atoms with Crippen LogP contribution >= 0.6 is 0 Å². The lowest BCUT2D eigenvalue weighted by atomic mass is 9.94. The van der Waals surface area contributed by atoms with E-state index < -0.39 is 0 Å². The molecule has 7 heteroatoms. The van der Waals surface area contributed by atoms with E-state index in [0.717, 1.165) is 22.4 Å². The molecule has 1 N–H and O–H groups in total. The van der Waals surface area contributed by atoms with E-state index in [1.165, 1.54) is 6.39 Å². The average molecular weight is 364 g/mol. The van der Waals surface area contributed by atoms with Gasteiger partial charge in [-0.25, -0.2) is 4.98 Å². The molecule has 1 fully saturated rings. The number of nitrogens with one attached hydrogen (secondary N) is 1. The van der Waals surface area contributed by atoms with Gasteiger partial charge in [0.05, 0.1) is 18.0 Å². The van der Waals surface area contributed by atoms with Crippen molar-refractivity contribution in [1.82, 2.24) is 20.2 Å². The summed E-state index contributed by atoms with van der Waals surface area (Å²) in [4.78, 5) is 34.4. The highest BCUT2D eigenvalue weighted by Crippen LogP contribution is 2.30. The number of rotatable bonds is 5. The van der Waals surface area contributed by atoms with Crippen LogP contribution in [0.15, 0.2) is 47.3 Å². The van der Waals surface area contributed by atoms with E-state index in [0.29, 0.717) is 31.6 Å². The van der Waals surface area contributed by atoms with Crippen LogP contribution in [-0.4, -0.2) is 39.8 Å². The molecule has 27 heavy (non-hydrogen) atoms. The molecule has 0 atom stereocenters. The Kier molecular flexibility index (Phi) is 4.58. The molecule has 4 rings (SSSR count). The molecule has 1 aliphatic rings. The number of carbonyl (C=O) groups excluding carboxylic acids is 2. The lowest BCUT2D eigenvalue weighted by Gasteiger charge is -2.38. The zero-order chi connectivity index (χ0) is 18.8. The summed E-state index contributed by atoms with van der Waals surface area (Å²) >= 11 is 0. The van der Waals surface area contributed by atoms with E-state index in [-0.39, 0.29) is 17.7 Å². The first-order chi connectivity index (χ1) is 13.2. The molecule has 0 spiro atoms. The van der Waals surface area contributed by atoms with E-state index in [4.69, 9.17) is 4.42 Å². The summed E-state index contributed by atoms with van der Waals surface area (Å²) < 4.78 is 5.52. The third-order valence-corrected chi connectivity index (χ3v) is 4.84. The fourth-order valence-corrected chi connectivity index (χ4v) is 3.24. The zero-order valence-electron chi connectivity index (χ0n) is 15.0. The van der Waals surface area contributed by atoms with Gasteiger partial charge in [-0.3, -0.25) is 14.6 Å². The number of fused-ring (bicyclic) bond motifs is 1. The van der Waals surface area contributed by atoms with Gasteiger partial charge < -0.3 is 14.6 Å². The predicted molar refractivity (Wildman–Crippen MR) is 99.0 cm³/mol. The number of hydrogen-bond acceptors (Lipinski definition) is 5. The van der Waals surface area contributed by atoms with E-state index in [9.17, 15) is 9.59 Å². The molecular weight excluding hydrogens is 344 g/mol. The van der Waals surface area contributed by atoms with Crippen LogP contribution in [0.1, 0.15) is 41.1 Å². The maximum Gasteiger partial charge on any atom is 0.253 e. The number of amides is 2. The quantitative estimate of drug-likeness (QED) is 0.751. The molecule has 1 aliphatic heterocycles. The highest BCUT2D eigenvalue weighted by atomic mass is 16.3. The Morgan fingerprint density at radius 3 is 2.93 bits per heavy atom. The van der Waals surface area contributed by atoms with Crippen LogP contribution in [-0.2, 0) is 11.3 Å². The van der Waals surface area contributed by atoms with Crippen LogP contribution in [0.25, 0.3) is 10.9 Å². The molecular formula is C20H20N4O3. The van der Waals surface area contributed by atoms with Crippen LogP contribution in [0.3, 0.4) is 0 Å². The lowest BCUT2D eigenvalue weighted by Crippen LogP contribution is -2.48. The standard InChI is InChI=1S/C20H20N4O3/c1-2-18(25)22-9-17-19(27-12-23-17)15-10-24(11-15)20(26)14-6-5-13-4-3-7-21-16(13)8-14/h3-8,12,15H,2,9-11H2,1H3,(H,22,25). The Balaban J connectivity index is 1.41. The minimum atomic E-state index is -0.0284. The monoisotopic (exact) mass is 364 g/mol. The van der Waals surface area contributed by atoms with Gasteiger partial charge in [-0.15, -0.1) is 0 Å². The molecule has 1 saturated heterocycles. The minimum absolute atomic E-state index is 0.0147. The molecule has 3 heterocycles. The van der Waals surface area contributed by atoms with Crippen LogP contribution in [0.4, 0.5) is 0 Å². The van der Waals surface area contributed by atoms with Gasteiger partial charge in [-0.05, 0) is 18.2 Å². The SMILES string of the molecule is CCC(=O)NCc1ncoc1C1CN(C(=O)c2ccc3cccnc3c2)C1. The molecule has 0 radical (unpaired) electrons. The molecule has 138 valence electrons. The summed E-state index contributed by atoms with van der Waals surface area (Å²) in [5, 5.41) is 3.82. The number of carbonyl (C=O) groups is 2. The van der Waals surface area contributed by atoms with Crippen molar-refractivity contribution in [3.63, 3.8) is 0 Å². The normalized spacial score (nSPS) is 14.2.